The van der Waals surface area contributed by atoms with Crippen LogP contribution in [0.15, 0.2) is 35.8 Å². The lowest BCUT2D eigenvalue weighted by atomic mass is 9.95. The molecule has 120 valence electrons. The van der Waals surface area contributed by atoms with Gasteiger partial charge < -0.3 is 10.1 Å². The van der Waals surface area contributed by atoms with Crippen LogP contribution in [0.4, 0.5) is 14.7 Å². The van der Waals surface area contributed by atoms with E-state index in [2.05, 4.69) is 15.4 Å². The van der Waals surface area contributed by atoms with E-state index in [1.807, 2.05) is 0 Å². The van der Waals surface area contributed by atoms with Crippen LogP contribution in [-0.4, -0.2) is 27.3 Å². The number of rotatable bonds is 3. The van der Waals surface area contributed by atoms with Crippen molar-refractivity contribution in [2.45, 2.75) is 19.9 Å². The number of carbonyl (C=O) groups is 1. The Morgan fingerprint density at radius 1 is 1.35 bits per heavy atom. The zero-order chi connectivity index (χ0) is 16.6. The van der Waals surface area contributed by atoms with E-state index in [1.165, 1.54) is 11.0 Å². The van der Waals surface area contributed by atoms with Gasteiger partial charge in [0, 0.05) is 11.8 Å². The normalized spacial score (nSPS) is 16.8. The lowest BCUT2D eigenvalue weighted by Gasteiger charge is -2.28. The molecule has 0 aliphatic carbocycles. The van der Waals surface area contributed by atoms with E-state index in [1.54, 1.807) is 13.8 Å². The highest BCUT2D eigenvalue weighted by atomic mass is 19.1. The van der Waals surface area contributed by atoms with Gasteiger partial charge in [0.05, 0.1) is 12.2 Å². The quantitative estimate of drug-likeness (QED) is 0.880. The van der Waals surface area contributed by atoms with E-state index in [-0.39, 0.29) is 17.7 Å². The molecule has 1 aliphatic rings. The number of carbonyl (C=O) groups excluding carboxylic acids is 1. The summed E-state index contributed by atoms with van der Waals surface area (Å²) >= 11 is 0. The SMILES string of the molecule is CCOC(=O)C1=C(C)Nc2ncnn2[C@@H]1c1cc(F)cc(F)c1. The Morgan fingerprint density at radius 2 is 2.04 bits per heavy atom. The van der Waals surface area contributed by atoms with Crippen LogP contribution in [0.5, 0.6) is 0 Å². The average Bonchev–Trinajstić information content (AvgIpc) is 2.92. The van der Waals surface area contributed by atoms with Gasteiger partial charge in [0.15, 0.2) is 0 Å². The molecule has 0 amide bonds. The third kappa shape index (κ3) is 2.67. The van der Waals surface area contributed by atoms with E-state index in [0.29, 0.717) is 11.6 Å². The molecular weight excluding hydrogens is 306 g/mol. The lowest BCUT2D eigenvalue weighted by Crippen LogP contribution is -2.29. The van der Waals surface area contributed by atoms with Gasteiger partial charge in [-0.15, -0.1) is 0 Å². The van der Waals surface area contributed by atoms with Crippen LogP contribution in [-0.2, 0) is 9.53 Å². The largest absolute Gasteiger partial charge is 0.463 e. The van der Waals surface area contributed by atoms with Crippen LogP contribution in [0, 0.1) is 11.6 Å². The first-order valence-electron chi connectivity index (χ1n) is 7.01. The van der Waals surface area contributed by atoms with Gasteiger partial charge in [0.25, 0.3) is 0 Å². The van der Waals surface area contributed by atoms with Gasteiger partial charge >= 0.3 is 5.97 Å². The third-order valence-corrected chi connectivity index (χ3v) is 3.49. The van der Waals surface area contributed by atoms with Gasteiger partial charge in [0.1, 0.15) is 24.0 Å². The molecule has 1 N–H and O–H groups in total. The molecule has 1 atom stereocenters. The number of nitrogens with zero attached hydrogens (tertiary/aromatic N) is 3. The third-order valence-electron chi connectivity index (χ3n) is 3.49. The zero-order valence-electron chi connectivity index (χ0n) is 12.5. The van der Waals surface area contributed by atoms with Crippen molar-refractivity contribution in [1.82, 2.24) is 14.8 Å². The Bertz CT molecular complexity index is 780. The van der Waals surface area contributed by atoms with Gasteiger partial charge in [-0.3, -0.25) is 0 Å². The summed E-state index contributed by atoms with van der Waals surface area (Å²) in [5, 5.41) is 7.00. The maximum Gasteiger partial charge on any atom is 0.338 e. The highest BCUT2D eigenvalue weighted by Crippen LogP contribution is 2.35. The van der Waals surface area contributed by atoms with Crippen molar-refractivity contribution in [2.24, 2.45) is 0 Å². The summed E-state index contributed by atoms with van der Waals surface area (Å²) in [5.41, 5.74) is 0.978. The number of ether oxygens (including phenoxy) is 1. The molecule has 0 saturated carbocycles. The smallest absolute Gasteiger partial charge is 0.338 e. The van der Waals surface area contributed by atoms with Crippen molar-refractivity contribution in [3.8, 4) is 0 Å². The molecule has 0 fully saturated rings. The van der Waals surface area contributed by atoms with Gasteiger partial charge in [-0.05, 0) is 31.5 Å². The molecule has 0 radical (unpaired) electrons. The van der Waals surface area contributed by atoms with Crippen LogP contribution in [0.3, 0.4) is 0 Å². The van der Waals surface area contributed by atoms with Crippen LogP contribution in [0.2, 0.25) is 0 Å². The maximum atomic E-state index is 13.6. The van der Waals surface area contributed by atoms with Crippen molar-refractivity contribution in [2.75, 3.05) is 11.9 Å². The van der Waals surface area contributed by atoms with Gasteiger partial charge in [0.2, 0.25) is 5.95 Å². The summed E-state index contributed by atoms with van der Waals surface area (Å²) in [6.07, 6.45) is 1.30. The summed E-state index contributed by atoms with van der Waals surface area (Å²) in [7, 11) is 0. The van der Waals surface area contributed by atoms with Crippen LogP contribution < -0.4 is 5.32 Å². The number of aromatic nitrogens is 3. The van der Waals surface area contributed by atoms with Crippen LogP contribution in [0.25, 0.3) is 0 Å². The molecule has 3 rings (SSSR count). The molecule has 1 aliphatic heterocycles. The van der Waals surface area contributed by atoms with Crippen molar-refractivity contribution < 1.29 is 18.3 Å². The highest BCUT2D eigenvalue weighted by molar-refractivity contribution is 5.92. The minimum absolute atomic E-state index is 0.185. The number of esters is 1. The van der Waals surface area contributed by atoms with Crippen molar-refractivity contribution in [3.63, 3.8) is 0 Å². The summed E-state index contributed by atoms with van der Waals surface area (Å²) in [6.45, 7) is 3.54. The van der Waals surface area contributed by atoms with E-state index in [9.17, 15) is 13.6 Å². The maximum absolute atomic E-state index is 13.6. The molecule has 6 nitrogen and oxygen atoms in total. The fourth-order valence-corrected chi connectivity index (χ4v) is 2.61. The predicted molar refractivity (Wildman–Crippen MR) is 77.5 cm³/mol. The number of anilines is 1. The molecule has 2 aromatic rings. The standard InChI is InChI=1S/C15H14F2N4O2/c1-3-23-14(22)12-8(2)20-15-18-7-19-21(15)13(12)9-4-10(16)6-11(17)5-9/h4-7,13H,3H2,1-2H3,(H,18,19,20)/t13-/m1/s1. The van der Waals surface area contributed by atoms with E-state index in [0.717, 1.165) is 18.2 Å². The first-order chi connectivity index (χ1) is 11.0. The molecule has 0 saturated heterocycles. The Hall–Kier alpha value is -2.77. The first kappa shape index (κ1) is 15.1. The molecule has 8 heteroatoms. The van der Waals surface area contributed by atoms with Crippen molar-refractivity contribution in [1.29, 1.82) is 0 Å². The summed E-state index contributed by atoms with van der Waals surface area (Å²) < 4.78 is 33.7. The molecule has 1 aromatic heterocycles. The molecule has 23 heavy (non-hydrogen) atoms. The zero-order valence-corrected chi connectivity index (χ0v) is 12.5. The molecule has 0 spiro atoms. The Kier molecular flexibility index (Phi) is 3.81. The highest BCUT2D eigenvalue weighted by Gasteiger charge is 2.34. The Balaban J connectivity index is 2.18. The number of halogens is 2. The van der Waals surface area contributed by atoms with E-state index < -0.39 is 23.6 Å². The molecule has 1 aromatic carbocycles. The van der Waals surface area contributed by atoms with Crippen molar-refractivity contribution in [3.05, 3.63) is 53.0 Å². The second-order valence-corrected chi connectivity index (χ2v) is 5.02. The number of fused-ring (bicyclic) bond motifs is 1. The van der Waals surface area contributed by atoms with Crippen LogP contribution in [0.1, 0.15) is 25.5 Å². The Labute approximate surface area is 130 Å². The summed E-state index contributed by atoms with van der Waals surface area (Å²) in [5.74, 6) is -1.67. The molecule has 0 unspecified atom stereocenters. The lowest BCUT2D eigenvalue weighted by molar-refractivity contribution is -0.139. The average molecular weight is 320 g/mol. The first-order valence-corrected chi connectivity index (χ1v) is 7.01. The monoisotopic (exact) mass is 320 g/mol. The minimum Gasteiger partial charge on any atom is -0.463 e. The fourth-order valence-electron chi connectivity index (χ4n) is 2.61. The van der Waals surface area contributed by atoms with E-state index in [4.69, 9.17) is 4.74 Å². The fraction of sp³-hybridized carbons (Fsp3) is 0.267. The van der Waals surface area contributed by atoms with Crippen LogP contribution >= 0.6 is 0 Å². The summed E-state index contributed by atoms with van der Waals surface area (Å²) in [4.78, 5) is 16.4. The molecule has 2 heterocycles. The van der Waals surface area contributed by atoms with E-state index >= 15 is 0 Å². The summed E-state index contributed by atoms with van der Waals surface area (Å²) in [6, 6.07) is 2.28. The second-order valence-electron chi connectivity index (χ2n) is 5.02. The van der Waals surface area contributed by atoms with Gasteiger partial charge in [-0.2, -0.15) is 10.1 Å². The second kappa shape index (κ2) is 5.79. The topological polar surface area (TPSA) is 69.0 Å². The minimum atomic E-state index is -0.821. The van der Waals surface area contributed by atoms with Crippen molar-refractivity contribution >= 4 is 11.9 Å². The molecule has 0 bridgehead atoms. The predicted octanol–water partition coefficient (Wildman–Crippen LogP) is 2.41. The number of benzene rings is 1. The Morgan fingerprint density at radius 3 is 2.70 bits per heavy atom. The number of hydrogen-bond acceptors (Lipinski definition) is 5. The number of allylic oxidation sites excluding steroid dienone is 1. The van der Waals surface area contributed by atoms with Gasteiger partial charge in [-0.25, -0.2) is 18.3 Å². The number of hydrogen-bond donors (Lipinski definition) is 1. The molecular formula is C15H14F2N4O2. The number of nitrogens with one attached hydrogen (secondary N) is 1. The van der Waals surface area contributed by atoms with Gasteiger partial charge in [-0.1, -0.05) is 0 Å².